The fourth-order valence-electron chi connectivity index (χ4n) is 2.84. The van der Waals surface area contributed by atoms with Gasteiger partial charge in [-0.15, -0.1) is 11.3 Å². The van der Waals surface area contributed by atoms with Crippen molar-refractivity contribution >= 4 is 28.8 Å². The Morgan fingerprint density at radius 3 is 2.29 bits per heavy atom. The van der Waals surface area contributed by atoms with Crippen molar-refractivity contribution in [3.8, 4) is 0 Å². The Balaban J connectivity index is 1.61. The van der Waals surface area contributed by atoms with Gasteiger partial charge in [0.15, 0.2) is 0 Å². The molecule has 6 heteroatoms. The van der Waals surface area contributed by atoms with E-state index in [9.17, 15) is 9.59 Å². The number of carbonyl (C=O) groups excluding carboxylic acids is 2. The van der Waals surface area contributed by atoms with Crippen LogP contribution in [0.25, 0.3) is 0 Å². The summed E-state index contributed by atoms with van der Waals surface area (Å²) < 4.78 is 0. The molecule has 0 saturated heterocycles. The standard InChI is InChI=1S/C22H23N3O2S/c1-25(2)22(27)17-10-12-18(13-11-17)24-20(26)15-23-21(19-9-6-14-28-19)16-7-4-3-5-8-16/h3-14,21,23H,15H2,1-2H3,(H,24,26)/t21-/m1/s1. The van der Waals surface area contributed by atoms with Gasteiger partial charge in [-0.05, 0) is 41.3 Å². The zero-order valence-electron chi connectivity index (χ0n) is 15.9. The topological polar surface area (TPSA) is 61.4 Å². The van der Waals surface area contributed by atoms with Gasteiger partial charge in [-0.25, -0.2) is 0 Å². The first kappa shape index (κ1) is 19.8. The molecule has 0 aliphatic rings. The summed E-state index contributed by atoms with van der Waals surface area (Å²) in [5.41, 5.74) is 2.36. The third kappa shape index (κ3) is 5.06. The van der Waals surface area contributed by atoms with Crippen LogP contribution in [-0.2, 0) is 4.79 Å². The fourth-order valence-corrected chi connectivity index (χ4v) is 3.66. The van der Waals surface area contributed by atoms with Gasteiger partial charge in [0.25, 0.3) is 5.91 Å². The SMILES string of the molecule is CN(C)C(=O)c1ccc(NC(=O)CN[C@H](c2ccccc2)c2cccs2)cc1. The molecule has 1 aromatic heterocycles. The number of hydrogen-bond acceptors (Lipinski definition) is 4. The van der Waals surface area contributed by atoms with E-state index < -0.39 is 0 Å². The van der Waals surface area contributed by atoms with Gasteiger partial charge >= 0.3 is 0 Å². The lowest BCUT2D eigenvalue weighted by Crippen LogP contribution is -2.31. The fraction of sp³-hybridized carbons (Fsp3) is 0.182. The van der Waals surface area contributed by atoms with Gasteiger partial charge < -0.3 is 10.2 Å². The Morgan fingerprint density at radius 1 is 0.964 bits per heavy atom. The molecule has 0 bridgehead atoms. The first-order valence-electron chi connectivity index (χ1n) is 8.98. The Hall–Kier alpha value is -2.96. The van der Waals surface area contributed by atoms with Crippen LogP contribution in [0.3, 0.4) is 0 Å². The molecule has 0 aliphatic carbocycles. The van der Waals surface area contributed by atoms with Crippen molar-refractivity contribution in [2.75, 3.05) is 26.0 Å². The summed E-state index contributed by atoms with van der Waals surface area (Å²) in [5, 5.41) is 8.24. The van der Waals surface area contributed by atoms with E-state index >= 15 is 0 Å². The quantitative estimate of drug-likeness (QED) is 0.642. The van der Waals surface area contributed by atoms with Crippen LogP contribution >= 0.6 is 11.3 Å². The average molecular weight is 394 g/mol. The maximum atomic E-state index is 12.4. The van der Waals surface area contributed by atoms with Crippen LogP contribution in [0.1, 0.15) is 26.8 Å². The smallest absolute Gasteiger partial charge is 0.253 e. The van der Waals surface area contributed by atoms with Gasteiger partial charge in [-0.3, -0.25) is 14.9 Å². The zero-order chi connectivity index (χ0) is 19.9. The largest absolute Gasteiger partial charge is 0.345 e. The van der Waals surface area contributed by atoms with Gasteiger partial charge in [0.1, 0.15) is 0 Å². The second-order valence-electron chi connectivity index (χ2n) is 6.57. The van der Waals surface area contributed by atoms with Gasteiger partial charge in [-0.2, -0.15) is 0 Å². The van der Waals surface area contributed by atoms with Crippen LogP contribution in [0.2, 0.25) is 0 Å². The number of hydrogen-bond donors (Lipinski definition) is 2. The molecule has 0 radical (unpaired) electrons. The average Bonchev–Trinajstić information content (AvgIpc) is 3.23. The highest BCUT2D eigenvalue weighted by Gasteiger charge is 2.16. The minimum atomic E-state index is -0.135. The van der Waals surface area contributed by atoms with Gasteiger partial charge in [0.2, 0.25) is 5.91 Å². The lowest BCUT2D eigenvalue weighted by atomic mass is 10.1. The number of carbonyl (C=O) groups is 2. The molecule has 2 aromatic carbocycles. The molecule has 3 rings (SSSR count). The molecule has 1 atom stereocenters. The minimum absolute atomic E-state index is 0.0351. The third-order valence-electron chi connectivity index (χ3n) is 4.25. The summed E-state index contributed by atoms with van der Waals surface area (Å²) in [6.07, 6.45) is 0. The van der Waals surface area contributed by atoms with E-state index in [-0.39, 0.29) is 24.4 Å². The predicted molar refractivity (Wildman–Crippen MR) is 114 cm³/mol. The van der Waals surface area contributed by atoms with Crippen molar-refractivity contribution in [1.29, 1.82) is 0 Å². The predicted octanol–water partition coefficient (Wildman–Crippen LogP) is 3.77. The maximum Gasteiger partial charge on any atom is 0.253 e. The van der Waals surface area contributed by atoms with Crippen molar-refractivity contribution in [1.82, 2.24) is 10.2 Å². The Labute approximate surface area is 169 Å². The minimum Gasteiger partial charge on any atom is -0.345 e. The lowest BCUT2D eigenvalue weighted by molar-refractivity contribution is -0.115. The number of nitrogens with zero attached hydrogens (tertiary/aromatic N) is 1. The second kappa shape index (κ2) is 9.30. The van der Waals surface area contributed by atoms with Gasteiger partial charge in [0, 0.05) is 30.2 Å². The summed E-state index contributed by atoms with van der Waals surface area (Å²) in [6.45, 7) is 0.176. The molecular formula is C22H23N3O2S. The molecule has 0 fully saturated rings. The normalized spacial score (nSPS) is 11.6. The van der Waals surface area contributed by atoms with Crippen LogP contribution in [0.5, 0.6) is 0 Å². The highest BCUT2D eigenvalue weighted by atomic mass is 32.1. The number of amides is 2. The Morgan fingerprint density at radius 2 is 1.68 bits per heavy atom. The van der Waals surface area contributed by atoms with Crippen molar-refractivity contribution in [3.05, 3.63) is 88.1 Å². The van der Waals surface area contributed by atoms with Crippen molar-refractivity contribution in [2.45, 2.75) is 6.04 Å². The van der Waals surface area contributed by atoms with E-state index in [1.54, 1.807) is 49.7 Å². The number of rotatable bonds is 7. The highest BCUT2D eigenvalue weighted by molar-refractivity contribution is 7.10. The summed E-state index contributed by atoms with van der Waals surface area (Å²) >= 11 is 1.66. The third-order valence-corrected chi connectivity index (χ3v) is 5.19. The van der Waals surface area contributed by atoms with Gasteiger partial charge in [-0.1, -0.05) is 36.4 Å². The molecule has 2 amide bonds. The number of thiophene rings is 1. The number of anilines is 1. The van der Waals surface area contributed by atoms with Crippen LogP contribution in [0.15, 0.2) is 72.1 Å². The Bertz CT molecular complexity index is 907. The first-order chi connectivity index (χ1) is 13.5. The summed E-state index contributed by atoms with van der Waals surface area (Å²) in [7, 11) is 3.42. The summed E-state index contributed by atoms with van der Waals surface area (Å²) in [5.74, 6) is -0.203. The van der Waals surface area contributed by atoms with Crippen molar-refractivity contribution < 1.29 is 9.59 Å². The number of nitrogens with one attached hydrogen (secondary N) is 2. The summed E-state index contributed by atoms with van der Waals surface area (Å²) in [4.78, 5) is 27.0. The monoisotopic (exact) mass is 393 g/mol. The molecule has 5 nitrogen and oxygen atoms in total. The van der Waals surface area contributed by atoms with E-state index in [4.69, 9.17) is 0 Å². The molecule has 28 heavy (non-hydrogen) atoms. The molecule has 0 unspecified atom stereocenters. The van der Waals surface area contributed by atoms with Crippen LogP contribution < -0.4 is 10.6 Å². The molecular weight excluding hydrogens is 370 g/mol. The van der Waals surface area contributed by atoms with Crippen molar-refractivity contribution in [2.24, 2.45) is 0 Å². The van der Waals surface area contributed by atoms with E-state index in [0.29, 0.717) is 11.3 Å². The van der Waals surface area contributed by atoms with Crippen LogP contribution in [0, 0.1) is 0 Å². The zero-order valence-corrected chi connectivity index (χ0v) is 16.7. The lowest BCUT2D eigenvalue weighted by Gasteiger charge is -2.18. The van der Waals surface area contributed by atoms with Crippen LogP contribution in [0.4, 0.5) is 5.69 Å². The van der Waals surface area contributed by atoms with Gasteiger partial charge in [0.05, 0.1) is 12.6 Å². The first-order valence-corrected chi connectivity index (χ1v) is 9.86. The Kier molecular flexibility index (Phi) is 6.57. The molecule has 2 N–H and O–H groups in total. The molecule has 0 aliphatic heterocycles. The second-order valence-corrected chi connectivity index (χ2v) is 7.54. The van der Waals surface area contributed by atoms with E-state index in [1.807, 2.05) is 29.6 Å². The molecule has 1 heterocycles. The molecule has 3 aromatic rings. The van der Waals surface area contributed by atoms with Crippen molar-refractivity contribution in [3.63, 3.8) is 0 Å². The number of benzene rings is 2. The highest BCUT2D eigenvalue weighted by Crippen LogP contribution is 2.25. The maximum absolute atomic E-state index is 12.4. The van der Waals surface area contributed by atoms with E-state index in [0.717, 1.165) is 10.4 Å². The van der Waals surface area contributed by atoms with E-state index in [2.05, 4.69) is 28.8 Å². The summed E-state index contributed by atoms with van der Waals surface area (Å²) in [6, 6.07) is 21.0. The molecule has 0 spiro atoms. The molecule has 0 saturated carbocycles. The molecule has 144 valence electrons. The van der Waals surface area contributed by atoms with E-state index in [1.165, 1.54) is 4.90 Å². The van der Waals surface area contributed by atoms with Crippen LogP contribution in [-0.4, -0.2) is 37.4 Å².